The van der Waals surface area contributed by atoms with Gasteiger partial charge in [0.15, 0.2) is 0 Å². The number of unbranched alkanes of at least 4 members (excludes halogenated alkanes) is 4. The van der Waals surface area contributed by atoms with Crippen LogP contribution in [0.25, 0.3) is 0 Å². The molecule has 1 unspecified atom stereocenters. The molecule has 0 radical (unpaired) electrons. The summed E-state index contributed by atoms with van der Waals surface area (Å²) in [5.41, 5.74) is -0.563. The van der Waals surface area contributed by atoms with E-state index in [1.807, 2.05) is 11.8 Å². The van der Waals surface area contributed by atoms with Gasteiger partial charge in [0.05, 0.1) is 0 Å². The van der Waals surface area contributed by atoms with Gasteiger partial charge in [0.25, 0.3) is 0 Å². The zero-order chi connectivity index (χ0) is 15.3. The highest BCUT2D eigenvalue weighted by atomic mass is 16.2. The quantitative estimate of drug-likeness (QED) is 0.734. The van der Waals surface area contributed by atoms with E-state index in [1.54, 1.807) is 0 Å². The van der Waals surface area contributed by atoms with Gasteiger partial charge in [0.1, 0.15) is 11.6 Å². The largest absolute Gasteiger partial charge is 0.340 e. The fourth-order valence-electron chi connectivity index (χ4n) is 3.80. The molecule has 4 heteroatoms. The summed E-state index contributed by atoms with van der Waals surface area (Å²) < 4.78 is 0. The summed E-state index contributed by atoms with van der Waals surface area (Å²) in [7, 11) is 0. The molecule has 0 aromatic heterocycles. The topological polar surface area (TPSA) is 49.4 Å². The molecule has 120 valence electrons. The lowest BCUT2D eigenvalue weighted by Gasteiger charge is -2.44. The Morgan fingerprint density at radius 1 is 1.10 bits per heavy atom. The summed E-state index contributed by atoms with van der Waals surface area (Å²) in [6.07, 6.45) is 10.3. The maximum Gasteiger partial charge on any atom is 0.249 e. The van der Waals surface area contributed by atoms with Crippen LogP contribution in [-0.2, 0) is 9.59 Å². The van der Waals surface area contributed by atoms with Crippen LogP contribution in [0.5, 0.6) is 0 Å². The molecular weight excluding hydrogens is 264 g/mol. The number of carbonyl (C=O) groups excluding carboxylic acids is 2. The van der Waals surface area contributed by atoms with Crippen molar-refractivity contribution in [3.8, 4) is 0 Å². The van der Waals surface area contributed by atoms with Crippen LogP contribution in [0, 0.1) is 0 Å². The van der Waals surface area contributed by atoms with Crippen molar-refractivity contribution < 1.29 is 9.59 Å². The average molecular weight is 294 g/mol. The fraction of sp³-hybridized carbons (Fsp3) is 0.882. The van der Waals surface area contributed by atoms with Crippen LogP contribution in [0.4, 0.5) is 0 Å². The van der Waals surface area contributed by atoms with E-state index >= 15 is 0 Å². The van der Waals surface area contributed by atoms with Gasteiger partial charge in [-0.25, -0.2) is 0 Å². The third kappa shape index (κ3) is 3.41. The van der Waals surface area contributed by atoms with E-state index in [1.165, 1.54) is 19.3 Å². The smallest absolute Gasteiger partial charge is 0.249 e. The lowest BCUT2D eigenvalue weighted by Crippen LogP contribution is -2.69. The Bertz CT molecular complexity index is 375. The zero-order valence-electron chi connectivity index (χ0n) is 13.6. The molecule has 1 spiro atoms. The molecule has 21 heavy (non-hydrogen) atoms. The Labute approximate surface area is 128 Å². The minimum absolute atomic E-state index is 0.0626. The van der Waals surface area contributed by atoms with Crippen molar-refractivity contribution >= 4 is 11.8 Å². The average Bonchev–Trinajstić information content (AvgIpc) is 2.93. The molecule has 2 aliphatic rings. The molecule has 1 heterocycles. The molecule has 2 rings (SSSR count). The number of carbonyl (C=O) groups is 2. The van der Waals surface area contributed by atoms with Crippen LogP contribution in [0.3, 0.4) is 0 Å². The van der Waals surface area contributed by atoms with Crippen molar-refractivity contribution in [1.82, 2.24) is 10.2 Å². The van der Waals surface area contributed by atoms with Crippen LogP contribution in [0.15, 0.2) is 0 Å². The Kier molecular flexibility index (Phi) is 5.65. The molecule has 1 saturated carbocycles. The summed E-state index contributed by atoms with van der Waals surface area (Å²) in [5.74, 6) is 0.245. The molecule has 1 N–H and O–H groups in total. The first-order valence-corrected chi connectivity index (χ1v) is 8.77. The molecule has 0 bridgehead atoms. The standard InChI is InChI=1S/C17H30N2O2/c1-3-5-6-7-10-13-19-14(4-2)15(20)18-17(16(19)21)11-8-9-12-17/h14H,3-13H2,1-2H3,(H,18,20). The van der Waals surface area contributed by atoms with Crippen LogP contribution >= 0.6 is 0 Å². The van der Waals surface area contributed by atoms with Crippen molar-refractivity contribution in [3.05, 3.63) is 0 Å². The van der Waals surface area contributed by atoms with Gasteiger partial charge in [-0.05, 0) is 25.7 Å². The van der Waals surface area contributed by atoms with Crippen molar-refractivity contribution in [2.75, 3.05) is 6.54 Å². The van der Waals surface area contributed by atoms with Gasteiger partial charge < -0.3 is 10.2 Å². The van der Waals surface area contributed by atoms with Gasteiger partial charge in [-0.1, -0.05) is 52.4 Å². The normalized spacial score (nSPS) is 24.7. The molecule has 0 aromatic carbocycles. The van der Waals surface area contributed by atoms with Crippen molar-refractivity contribution in [2.24, 2.45) is 0 Å². The predicted molar refractivity (Wildman–Crippen MR) is 83.9 cm³/mol. The summed E-state index contributed by atoms with van der Waals surface area (Å²) in [5, 5.41) is 3.05. The van der Waals surface area contributed by atoms with Crippen molar-refractivity contribution in [2.45, 2.75) is 89.6 Å². The van der Waals surface area contributed by atoms with E-state index in [2.05, 4.69) is 12.2 Å². The van der Waals surface area contributed by atoms with Gasteiger partial charge in [-0.3, -0.25) is 9.59 Å². The second kappa shape index (κ2) is 7.28. The first-order valence-electron chi connectivity index (χ1n) is 8.77. The molecular formula is C17H30N2O2. The Morgan fingerprint density at radius 2 is 1.76 bits per heavy atom. The fourth-order valence-corrected chi connectivity index (χ4v) is 3.80. The maximum atomic E-state index is 12.9. The van der Waals surface area contributed by atoms with E-state index in [9.17, 15) is 9.59 Å². The Morgan fingerprint density at radius 3 is 2.38 bits per heavy atom. The molecule has 0 aromatic rings. The minimum atomic E-state index is -0.563. The van der Waals surface area contributed by atoms with Gasteiger partial charge >= 0.3 is 0 Å². The number of piperazine rings is 1. The monoisotopic (exact) mass is 294 g/mol. The number of amides is 2. The molecule has 1 aliphatic heterocycles. The Hall–Kier alpha value is -1.06. The third-order valence-corrected chi connectivity index (χ3v) is 5.06. The number of nitrogens with zero attached hydrogens (tertiary/aromatic N) is 1. The first-order chi connectivity index (χ1) is 10.1. The number of hydrogen-bond donors (Lipinski definition) is 1. The molecule has 2 amide bonds. The lowest BCUT2D eigenvalue weighted by molar-refractivity contribution is -0.155. The highest BCUT2D eigenvalue weighted by Gasteiger charge is 2.51. The second-order valence-electron chi connectivity index (χ2n) is 6.62. The molecule has 1 saturated heterocycles. The highest BCUT2D eigenvalue weighted by molar-refractivity contribution is 6.00. The molecule has 2 fully saturated rings. The Balaban J connectivity index is 1.99. The van der Waals surface area contributed by atoms with E-state index in [4.69, 9.17) is 0 Å². The molecule has 1 aliphatic carbocycles. The summed E-state index contributed by atoms with van der Waals surface area (Å²) in [4.78, 5) is 27.2. The summed E-state index contributed by atoms with van der Waals surface area (Å²) >= 11 is 0. The lowest BCUT2D eigenvalue weighted by atomic mass is 9.90. The van der Waals surface area contributed by atoms with E-state index in [0.29, 0.717) is 6.42 Å². The van der Waals surface area contributed by atoms with E-state index < -0.39 is 5.54 Å². The first kappa shape index (κ1) is 16.3. The van der Waals surface area contributed by atoms with Crippen LogP contribution in [0.1, 0.15) is 78.1 Å². The van der Waals surface area contributed by atoms with Crippen LogP contribution in [-0.4, -0.2) is 34.8 Å². The number of rotatable bonds is 7. The predicted octanol–water partition coefficient (Wildman–Crippen LogP) is 3.01. The number of hydrogen-bond acceptors (Lipinski definition) is 2. The highest BCUT2D eigenvalue weighted by Crippen LogP contribution is 2.35. The second-order valence-corrected chi connectivity index (χ2v) is 6.62. The van der Waals surface area contributed by atoms with Crippen LogP contribution < -0.4 is 5.32 Å². The van der Waals surface area contributed by atoms with Gasteiger partial charge in [0, 0.05) is 6.54 Å². The maximum absolute atomic E-state index is 12.9. The van der Waals surface area contributed by atoms with Gasteiger partial charge in [-0.15, -0.1) is 0 Å². The SMILES string of the molecule is CCCCCCCN1C(=O)C2(CCCC2)NC(=O)C1CC. The summed E-state index contributed by atoms with van der Waals surface area (Å²) in [6, 6.07) is -0.255. The molecule has 4 nitrogen and oxygen atoms in total. The van der Waals surface area contributed by atoms with E-state index in [0.717, 1.165) is 45.1 Å². The summed E-state index contributed by atoms with van der Waals surface area (Å²) in [6.45, 7) is 4.94. The van der Waals surface area contributed by atoms with Gasteiger partial charge in [0.2, 0.25) is 11.8 Å². The van der Waals surface area contributed by atoms with Crippen molar-refractivity contribution in [3.63, 3.8) is 0 Å². The van der Waals surface area contributed by atoms with Crippen LogP contribution in [0.2, 0.25) is 0 Å². The number of nitrogens with one attached hydrogen (secondary N) is 1. The van der Waals surface area contributed by atoms with Gasteiger partial charge in [-0.2, -0.15) is 0 Å². The van der Waals surface area contributed by atoms with Crippen molar-refractivity contribution in [1.29, 1.82) is 0 Å². The van der Waals surface area contributed by atoms with E-state index in [-0.39, 0.29) is 17.9 Å². The third-order valence-electron chi connectivity index (χ3n) is 5.06. The molecule has 1 atom stereocenters. The zero-order valence-corrected chi connectivity index (χ0v) is 13.6. The minimum Gasteiger partial charge on any atom is -0.340 e.